The highest BCUT2D eigenvalue weighted by atomic mass is 32.2. The number of carbonyl (C=O) groups is 3. The highest BCUT2D eigenvalue weighted by Crippen LogP contribution is 2.29. The average molecular weight is 539 g/mol. The lowest BCUT2D eigenvalue weighted by Crippen LogP contribution is -2.49. The van der Waals surface area contributed by atoms with Gasteiger partial charge < -0.3 is 9.80 Å². The van der Waals surface area contributed by atoms with E-state index in [2.05, 4.69) is 9.89 Å². The third kappa shape index (κ3) is 6.12. The molecule has 198 valence electrons. The van der Waals surface area contributed by atoms with Crippen LogP contribution in [-0.2, 0) is 9.59 Å². The van der Waals surface area contributed by atoms with Gasteiger partial charge in [0.2, 0.25) is 5.91 Å². The number of carbonyl (C=O) groups excluding carboxylic acids is 3. The molecule has 2 amide bonds. The minimum Gasteiger partial charge on any atom is -0.368 e. The monoisotopic (exact) mass is 538 g/mol. The van der Waals surface area contributed by atoms with Crippen molar-refractivity contribution in [2.45, 2.75) is 13.8 Å². The average Bonchev–Trinajstić information content (AvgIpc) is 3.26. The van der Waals surface area contributed by atoms with Crippen LogP contribution in [0, 0.1) is 6.92 Å². The van der Waals surface area contributed by atoms with Gasteiger partial charge in [-0.1, -0.05) is 59.8 Å². The molecule has 0 radical (unpaired) electrons. The van der Waals surface area contributed by atoms with Gasteiger partial charge in [-0.25, -0.2) is 4.99 Å². The number of anilines is 2. The largest absolute Gasteiger partial charge is 0.368 e. The molecule has 0 bridgehead atoms. The van der Waals surface area contributed by atoms with Crippen LogP contribution in [-0.4, -0.2) is 59.6 Å². The van der Waals surface area contributed by atoms with Crippen LogP contribution in [0.25, 0.3) is 6.08 Å². The Morgan fingerprint density at radius 1 is 0.897 bits per heavy atom. The molecule has 0 saturated carbocycles. The zero-order valence-corrected chi connectivity index (χ0v) is 22.9. The topological polar surface area (TPSA) is 73.3 Å². The molecule has 3 aromatic carbocycles. The number of amidine groups is 1. The zero-order valence-electron chi connectivity index (χ0n) is 22.0. The molecule has 1 fully saturated rings. The summed E-state index contributed by atoms with van der Waals surface area (Å²) in [6.07, 6.45) is 1.79. The van der Waals surface area contributed by atoms with E-state index in [-0.39, 0.29) is 23.4 Å². The van der Waals surface area contributed by atoms with E-state index < -0.39 is 0 Å². The molecule has 0 spiro atoms. The van der Waals surface area contributed by atoms with Crippen LogP contribution in [0.15, 0.2) is 89.6 Å². The van der Waals surface area contributed by atoms with Gasteiger partial charge in [-0.05, 0) is 61.9 Å². The van der Waals surface area contributed by atoms with Gasteiger partial charge in [0.05, 0.1) is 11.4 Å². The lowest BCUT2D eigenvalue weighted by molar-refractivity contribution is -0.128. The van der Waals surface area contributed by atoms with Gasteiger partial charge in [0, 0.05) is 37.4 Å². The molecule has 2 heterocycles. The quantitative estimate of drug-likeness (QED) is 0.325. The number of thioether (sulfide) groups is 1. The van der Waals surface area contributed by atoms with Gasteiger partial charge in [0.15, 0.2) is 11.0 Å². The maximum Gasteiger partial charge on any atom is 0.283 e. The Hall–Kier alpha value is -4.17. The minimum absolute atomic E-state index is 0.0193. The Morgan fingerprint density at radius 2 is 1.62 bits per heavy atom. The normalized spacial score (nSPS) is 16.6. The van der Waals surface area contributed by atoms with E-state index in [4.69, 9.17) is 0 Å². The fraction of sp³-hybridized carbons (Fsp3) is 0.226. The lowest BCUT2D eigenvalue weighted by Gasteiger charge is -2.36. The number of amides is 2. The number of piperazine rings is 1. The number of hydrogen-bond donors (Lipinski definition) is 0. The van der Waals surface area contributed by atoms with Crippen molar-refractivity contribution in [2.24, 2.45) is 4.99 Å². The first-order chi connectivity index (χ1) is 18.9. The number of para-hydroxylation sites is 1. The van der Waals surface area contributed by atoms with Crippen LogP contribution >= 0.6 is 11.8 Å². The molecule has 0 atom stereocenters. The molecule has 0 aliphatic carbocycles. The summed E-state index contributed by atoms with van der Waals surface area (Å²) in [5.74, 6) is 0.0556. The molecule has 8 heteroatoms. The fourth-order valence-corrected chi connectivity index (χ4v) is 5.57. The summed E-state index contributed by atoms with van der Waals surface area (Å²) in [6, 6.07) is 24.9. The van der Waals surface area contributed by atoms with Crippen molar-refractivity contribution in [2.75, 3.05) is 41.7 Å². The van der Waals surface area contributed by atoms with Crippen molar-refractivity contribution in [3.8, 4) is 0 Å². The highest BCUT2D eigenvalue weighted by molar-refractivity contribution is 8.14. The summed E-state index contributed by atoms with van der Waals surface area (Å²) < 4.78 is 0. The van der Waals surface area contributed by atoms with Crippen molar-refractivity contribution in [1.82, 2.24) is 4.90 Å². The van der Waals surface area contributed by atoms with Crippen LogP contribution in [0.1, 0.15) is 28.4 Å². The second-order valence-electron chi connectivity index (χ2n) is 9.57. The van der Waals surface area contributed by atoms with Crippen molar-refractivity contribution >= 4 is 52.0 Å². The van der Waals surface area contributed by atoms with Crippen LogP contribution in [0.5, 0.6) is 0 Å². The van der Waals surface area contributed by atoms with Crippen molar-refractivity contribution in [3.63, 3.8) is 0 Å². The molecular formula is C31H30N4O3S. The van der Waals surface area contributed by atoms with E-state index in [1.54, 1.807) is 17.9 Å². The summed E-state index contributed by atoms with van der Waals surface area (Å²) in [5, 5.41) is 0.502. The summed E-state index contributed by atoms with van der Waals surface area (Å²) >= 11 is 1.29. The first kappa shape index (κ1) is 26.4. The minimum atomic E-state index is -0.206. The standard InChI is InChI=1S/C31H30N4O3S/c1-22-7-6-8-24(19-22)20-28-30(38)35(27-9-4-3-5-10-27)31(32-28)39-21-29(37)34-17-15-33(16-18-34)26-13-11-25(12-14-26)23(2)36/h3-14,19-20H,15-18,21H2,1-2H3/b28-20-. The number of aryl methyl sites for hydroxylation is 1. The molecule has 2 aliphatic rings. The van der Waals surface area contributed by atoms with Gasteiger partial charge in [0.25, 0.3) is 5.91 Å². The number of Topliss-reactive ketones (excluding diaryl/α,β-unsaturated/α-hetero) is 1. The zero-order chi connectivity index (χ0) is 27.4. The Labute approximate surface area is 232 Å². The Kier molecular flexibility index (Phi) is 7.93. The molecule has 5 rings (SSSR count). The smallest absolute Gasteiger partial charge is 0.283 e. The van der Waals surface area contributed by atoms with Crippen molar-refractivity contribution < 1.29 is 14.4 Å². The van der Waals surface area contributed by atoms with Crippen molar-refractivity contribution in [1.29, 1.82) is 0 Å². The number of hydrogen-bond acceptors (Lipinski definition) is 6. The van der Waals surface area contributed by atoms with Crippen LogP contribution in [0.3, 0.4) is 0 Å². The van der Waals surface area contributed by atoms with E-state index in [9.17, 15) is 14.4 Å². The third-order valence-corrected chi connectivity index (χ3v) is 7.71. The molecule has 3 aromatic rings. The first-order valence-corrected chi connectivity index (χ1v) is 13.9. The van der Waals surface area contributed by atoms with Gasteiger partial charge in [-0.3, -0.25) is 19.3 Å². The van der Waals surface area contributed by atoms with Crippen LogP contribution in [0.4, 0.5) is 11.4 Å². The van der Waals surface area contributed by atoms with E-state index in [1.165, 1.54) is 11.8 Å². The number of nitrogens with zero attached hydrogens (tertiary/aromatic N) is 4. The number of ketones is 1. The Morgan fingerprint density at radius 3 is 2.28 bits per heavy atom. The Bertz CT molecular complexity index is 1440. The lowest BCUT2D eigenvalue weighted by atomic mass is 10.1. The molecule has 0 unspecified atom stereocenters. The maximum atomic E-state index is 13.4. The summed E-state index contributed by atoms with van der Waals surface area (Å²) in [6.45, 7) is 6.23. The summed E-state index contributed by atoms with van der Waals surface area (Å²) in [7, 11) is 0. The second kappa shape index (κ2) is 11.7. The van der Waals surface area contributed by atoms with Gasteiger partial charge in [-0.2, -0.15) is 0 Å². The van der Waals surface area contributed by atoms with E-state index in [0.717, 1.165) is 35.6 Å². The van der Waals surface area contributed by atoms with E-state index in [1.807, 2.05) is 90.7 Å². The van der Waals surface area contributed by atoms with E-state index in [0.29, 0.717) is 29.5 Å². The van der Waals surface area contributed by atoms with Gasteiger partial charge in [0.1, 0.15) is 5.70 Å². The second-order valence-corrected chi connectivity index (χ2v) is 10.5. The maximum absolute atomic E-state index is 13.4. The fourth-order valence-electron chi connectivity index (χ4n) is 4.65. The van der Waals surface area contributed by atoms with Gasteiger partial charge in [-0.15, -0.1) is 0 Å². The van der Waals surface area contributed by atoms with E-state index >= 15 is 0 Å². The summed E-state index contributed by atoms with van der Waals surface area (Å²) in [4.78, 5) is 48.4. The predicted octanol–water partition coefficient (Wildman–Crippen LogP) is 5.02. The molecular weight excluding hydrogens is 508 g/mol. The van der Waals surface area contributed by atoms with Crippen LogP contribution in [0.2, 0.25) is 0 Å². The van der Waals surface area contributed by atoms with Crippen molar-refractivity contribution in [3.05, 3.63) is 101 Å². The molecule has 7 nitrogen and oxygen atoms in total. The first-order valence-electron chi connectivity index (χ1n) is 12.9. The predicted molar refractivity (Wildman–Crippen MR) is 158 cm³/mol. The molecule has 1 saturated heterocycles. The van der Waals surface area contributed by atoms with Crippen LogP contribution < -0.4 is 9.80 Å². The molecule has 39 heavy (non-hydrogen) atoms. The molecule has 0 aromatic heterocycles. The molecule has 2 aliphatic heterocycles. The Balaban J connectivity index is 1.25. The van der Waals surface area contributed by atoms with Gasteiger partial charge >= 0.3 is 0 Å². The number of rotatable bonds is 6. The third-order valence-electron chi connectivity index (χ3n) is 6.79. The summed E-state index contributed by atoms with van der Waals surface area (Å²) in [5.41, 5.74) is 4.83. The molecule has 0 N–H and O–H groups in total. The SMILES string of the molecule is CC(=O)c1ccc(N2CCN(C(=O)CSC3=N/C(=C\c4cccc(C)c4)C(=O)N3c3ccccc3)CC2)cc1. The highest BCUT2D eigenvalue weighted by Gasteiger charge is 2.33. The number of benzene rings is 3. The number of aliphatic imine (C=N–C) groups is 1.